The van der Waals surface area contributed by atoms with Crippen molar-refractivity contribution >= 4 is 0 Å². The third-order valence-corrected chi connectivity index (χ3v) is 1.56. The van der Waals surface area contributed by atoms with E-state index in [1.165, 1.54) is 12.7 Å². The third kappa shape index (κ3) is 7.50. The number of aliphatic hydroxyl groups excluding tert-OH is 1. The van der Waals surface area contributed by atoms with Crippen molar-refractivity contribution in [2.24, 2.45) is 0 Å². The molecule has 0 aliphatic rings. The smallest absolute Gasteiger partial charge is 0.153 e. The summed E-state index contributed by atoms with van der Waals surface area (Å²) in [5.41, 5.74) is 1.32. The summed E-state index contributed by atoms with van der Waals surface area (Å²) in [7, 11) is 1.48. The first-order valence-electron chi connectivity index (χ1n) is 4.43. The molecule has 74 valence electrons. The van der Waals surface area contributed by atoms with Gasteiger partial charge in [-0.1, -0.05) is 42.8 Å². The second kappa shape index (κ2) is 7.77. The number of benzene rings is 1. The van der Waals surface area contributed by atoms with E-state index in [0.717, 1.165) is 0 Å². The van der Waals surface area contributed by atoms with Crippen LogP contribution in [0.2, 0.25) is 0 Å². The lowest BCUT2D eigenvalue weighted by molar-refractivity contribution is -0.0748. The van der Waals surface area contributed by atoms with Crippen LogP contribution in [0.15, 0.2) is 30.3 Å². The largest absolute Gasteiger partial charge is 0.368 e. The predicted octanol–water partition coefficient (Wildman–Crippen LogP) is 2.36. The predicted molar refractivity (Wildman–Crippen MR) is 54.5 cm³/mol. The van der Waals surface area contributed by atoms with Gasteiger partial charge in [0, 0.05) is 7.11 Å². The highest BCUT2D eigenvalue weighted by Gasteiger charge is 1.90. The molecule has 1 N–H and O–H groups in total. The van der Waals surface area contributed by atoms with Gasteiger partial charge in [-0.3, -0.25) is 0 Å². The van der Waals surface area contributed by atoms with Gasteiger partial charge in [0.25, 0.3) is 0 Å². The van der Waals surface area contributed by atoms with Gasteiger partial charge in [0.2, 0.25) is 0 Å². The molecule has 1 atom stereocenters. The van der Waals surface area contributed by atoms with Crippen LogP contribution < -0.4 is 0 Å². The van der Waals surface area contributed by atoms with Crippen molar-refractivity contribution in [3.8, 4) is 0 Å². The van der Waals surface area contributed by atoms with E-state index in [4.69, 9.17) is 5.11 Å². The van der Waals surface area contributed by atoms with Crippen LogP contribution in [0.1, 0.15) is 18.9 Å². The summed E-state index contributed by atoms with van der Waals surface area (Å²) in [5.74, 6) is 0. The van der Waals surface area contributed by atoms with Gasteiger partial charge in [0.15, 0.2) is 6.29 Å². The molecule has 0 saturated carbocycles. The highest BCUT2D eigenvalue weighted by atomic mass is 16.6. The summed E-state index contributed by atoms with van der Waals surface area (Å²) in [6.07, 6.45) is 0.0984. The fourth-order valence-corrected chi connectivity index (χ4v) is 0.701. The number of hydrogen-bond acceptors (Lipinski definition) is 2. The van der Waals surface area contributed by atoms with Crippen molar-refractivity contribution in [3.63, 3.8) is 0 Å². The highest BCUT2D eigenvalue weighted by molar-refractivity contribution is 5.11. The molecule has 0 amide bonds. The molecular formula is C11H18O2. The van der Waals surface area contributed by atoms with E-state index in [1.807, 2.05) is 25.1 Å². The zero-order chi connectivity index (χ0) is 10.1. The number of rotatable bonds is 2. The van der Waals surface area contributed by atoms with Crippen LogP contribution in [0, 0.1) is 6.92 Å². The average molecular weight is 182 g/mol. The van der Waals surface area contributed by atoms with Crippen molar-refractivity contribution in [2.75, 3.05) is 7.11 Å². The molecule has 2 nitrogen and oxygen atoms in total. The first kappa shape index (κ1) is 12.1. The Hall–Kier alpha value is -0.860. The molecular weight excluding hydrogens is 164 g/mol. The minimum atomic E-state index is -0.565. The number of aryl methyl sites for hydroxylation is 1. The average Bonchev–Trinajstić information content (AvgIpc) is 2.19. The Morgan fingerprint density at radius 3 is 2.00 bits per heavy atom. The van der Waals surface area contributed by atoms with Gasteiger partial charge >= 0.3 is 0 Å². The molecule has 0 bridgehead atoms. The van der Waals surface area contributed by atoms with Crippen LogP contribution in [-0.2, 0) is 4.74 Å². The molecule has 2 heteroatoms. The fourth-order valence-electron chi connectivity index (χ4n) is 0.701. The van der Waals surface area contributed by atoms with Gasteiger partial charge in [-0.25, -0.2) is 0 Å². The first-order valence-corrected chi connectivity index (χ1v) is 4.43. The fraction of sp³-hybridized carbons (Fsp3) is 0.455. The summed E-state index contributed by atoms with van der Waals surface area (Å²) >= 11 is 0. The quantitative estimate of drug-likeness (QED) is 0.711. The molecule has 0 heterocycles. The van der Waals surface area contributed by atoms with Crippen molar-refractivity contribution < 1.29 is 9.84 Å². The standard InChI is InChI=1S/C7H8.C4H10O2/c1-7-5-3-2-4-6-7;1-3-4(5)6-2/h2-6H,1H3;4-5H,3H2,1-2H3. The molecule has 1 unspecified atom stereocenters. The molecule has 0 spiro atoms. The Labute approximate surface area is 80.2 Å². The Kier molecular flexibility index (Phi) is 7.26. The molecule has 0 fully saturated rings. The van der Waals surface area contributed by atoms with Crippen LogP contribution >= 0.6 is 0 Å². The van der Waals surface area contributed by atoms with Crippen LogP contribution in [0.4, 0.5) is 0 Å². The maximum absolute atomic E-state index is 8.44. The van der Waals surface area contributed by atoms with Crippen molar-refractivity contribution in [3.05, 3.63) is 35.9 Å². The van der Waals surface area contributed by atoms with E-state index < -0.39 is 6.29 Å². The first-order chi connectivity index (χ1) is 6.20. The molecule has 13 heavy (non-hydrogen) atoms. The van der Waals surface area contributed by atoms with Gasteiger partial charge in [-0.2, -0.15) is 0 Å². The molecule has 0 aromatic heterocycles. The second-order valence-corrected chi connectivity index (χ2v) is 2.75. The molecule has 1 aromatic rings. The molecule has 1 aromatic carbocycles. The Balaban J connectivity index is 0.000000226. The Morgan fingerprint density at radius 2 is 1.85 bits per heavy atom. The van der Waals surface area contributed by atoms with Crippen LogP contribution in [0.3, 0.4) is 0 Å². The number of aliphatic hydroxyl groups is 1. The number of methoxy groups -OCH3 is 1. The molecule has 0 aliphatic heterocycles. The summed E-state index contributed by atoms with van der Waals surface area (Å²) in [5, 5.41) is 8.44. The zero-order valence-corrected chi connectivity index (χ0v) is 8.53. The third-order valence-electron chi connectivity index (χ3n) is 1.56. The summed E-state index contributed by atoms with van der Waals surface area (Å²) in [6, 6.07) is 10.3. The second-order valence-electron chi connectivity index (χ2n) is 2.75. The van der Waals surface area contributed by atoms with Crippen LogP contribution in [0.5, 0.6) is 0 Å². The van der Waals surface area contributed by atoms with Crippen molar-refractivity contribution in [1.29, 1.82) is 0 Å². The maximum atomic E-state index is 8.44. The lowest BCUT2D eigenvalue weighted by atomic mass is 10.2. The van der Waals surface area contributed by atoms with E-state index in [-0.39, 0.29) is 0 Å². The normalized spacial score (nSPS) is 11.4. The van der Waals surface area contributed by atoms with E-state index >= 15 is 0 Å². The van der Waals surface area contributed by atoms with E-state index in [2.05, 4.69) is 23.8 Å². The highest BCUT2D eigenvalue weighted by Crippen LogP contribution is 1.92. The van der Waals surface area contributed by atoms with E-state index in [9.17, 15) is 0 Å². The maximum Gasteiger partial charge on any atom is 0.153 e. The van der Waals surface area contributed by atoms with Crippen LogP contribution in [-0.4, -0.2) is 18.5 Å². The minimum Gasteiger partial charge on any atom is -0.368 e. The Morgan fingerprint density at radius 1 is 1.31 bits per heavy atom. The van der Waals surface area contributed by atoms with Crippen molar-refractivity contribution in [2.45, 2.75) is 26.6 Å². The number of hydrogen-bond donors (Lipinski definition) is 1. The van der Waals surface area contributed by atoms with Gasteiger partial charge in [-0.15, -0.1) is 0 Å². The van der Waals surface area contributed by atoms with Gasteiger partial charge in [0.05, 0.1) is 0 Å². The summed E-state index contributed by atoms with van der Waals surface area (Å²) < 4.78 is 4.45. The molecule has 0 radical (unpaired) electrons. The van der Waals surface area contributed by atoms with E-state index in [1.54, 1.807) is 0 Å². The monoisotopic (exact) mass is 182 g/mol. The SMILES string of the molecule is CCC(O)OC.Cc1ccccc1. The van der Waals surface area contributed by atoms with Gasteiger partial charge in [-0.05, 0) is 13.3 Å². The van der Waals surface area contributed by atoms with Gasteiger partial charge < -0.3 is 9.84 Å². The van der Waals surface area contributed by atoms with Crippen molar-refractivity contribution in [1.82, 2.24) is 0 Å². The summed E-state index contributed by atoms with van der Waals surface area (Å²) in [6.45, 7) is 3.94. The zero-order valence-electron chi connectivity index (χ0n) is 8.53. The molecule has 0 saturated heterocycles. The Bertz CT molecular complexity index is 193. The minimum absolute atomic E-state index is 0.565. The summed E-state index contributed by atoms with van der Waals surface area (Å²) in [4.78, 5) is 0. The number of ether oxygens (including phenoxy) is 1. The molecule has 0 aliphatic carbocycles. The van der Waals surface area contributed by atoms with E-state index in [0.29, 0.717) is 6.42 Å². The lowest BCUT2D eigenvalue weighted by Gasteiger charge is -2.00. The molecule has 1 rings (SSSR count). The lowest BCUT2D eigenvalue weighted by Crippen LogP contribution is -2.05. The topological polar surface area (TPSA) is 29.5 Å². The van der Waals surface area contributed by atoms with Crippen LogP contribution in [0.25, 0.3) is 0 Å². The van der Waals surface area contributed by atoms with Gasteiger partial charge in [0.1, 0.15) is 0 Å².